The molecular weight excluding hydrogens is 368 g/mol. The second-order valence-electron chi connectivity index (χ2n) is 6.37. The molecule has 1 aliphatic heterocycles. The molecule has 0 spiro atoms. The van der Waals surface area contributed by atoms with E-state index in [1.807, 2.05) is 30.0 Å². The van der Waals surface area contributed by atoms with E-state index in [4.69, 9.17) is 0 Å². The van der Waals surface area contributed by atoms with Crippen molar-refractivity contribution in [3.63, 3.8) is 0 Å². The van der Waals surface area contributed by atoms with Crippen LogP contribution in [0.4, 0.5) is 11.6 Å². The van der Waals surface area contributed by atoms with E-state index in [-0.39, 0.29) is 5.91 Å². The molecular formula is C18H21BrN4O. The number of halogens is 1. The zero-order valence-corrected chi connectivity index (χ0v) is 15.5. The maximum Gasteiger partial charge on any atom is 0.272 e. The van der Waals surface area contributed by atoms with Crippen molar-refractivity contribution in [1.29, 1.82) is 0 Å². The van der Waals surface area contributed by atoms with Gasteiger partial charge in [-0.15, -0.1) is 0 Å². The van der Waals surface area contributed by atoms with Crippen LogP contribution >= 0.6 is 15.9 Å². The Labute approximate surface area is 150 Å². The molecule has 1 aromatic carbocycles. The first-order chi connectivity index (χ1) is 11.5. The first-order valence-electron chi connectivity index (χ1n) is 8.18. The summed E-state index contributed by atoms with van der Waals surface area (Å²) < 4.78 is 0.938. The number of hydrogen-bond acceptors (Lipinski definition) is 4. The van der Waals surface area contributed by atoms with Gasteiger partial charge in [0.05, 0.1) is 5.69 Å². The van der Waals surface area contributed by atoms with Crippen molar-refractivity contribution in [3.05, 3.63) is 46.2 Å². The van der Waals surface area contributed by atoms with E-state index in [2.05, 4.69) is 38.1 Å². The van der Waals surface area contributed by atoms with E-state index in [1.54, 1.807) is 12.3 Å². The highest BCUT2D eigenvalue weighted by Gasteiger charge is 2.23. The van der Waals surface area contributed by atoms with Crippen LogP contribution in [-0.4, -0.2) is 33.9 Å². The van der Waals surface area contributed by atoms with Gasteiger partial charge in [-0.2, -0.15) is 0 Å². The molecule has 6 heteroatoms. The summed E-state index contributed by atoms with van der Waals surface area (Å²) in [5, 5.41) is 3.17. The Kier molecular flexibility index (Phi) is 5.14. The molecule has 0 aliphatic carbocycles. The SMILES string of the molecule is Cc1ccc(Nc2nccc(C(=O)N3CCCC(C)C3)n2)c(Br)c1. The number of benzene rings is 1. The Bertz CT molecular complexity index is 750. The lowest BCUT2D eigenvalue weighted by Crippen LogP contribution is -2.39. The van der Waals surface area contributed by atoms with Crippen LogP contribution in [-0.2, 0) is 0 Å². The summed E-state index contributed by atoms with van der Waals surface area (Å²) in [4.78, 5) is 23.2. The number of aryl methyl sites for hydroxylation is 1. The minimum absolute atomic E-state index is 0.0185. The predicted molar refractivity (Wildman–Crippen MR) is 98.5 cm³/mol. The van der Waals surface area contributed by atoms with Crippen LogP contribution in [0.5, 0.6) is 0 Å². The summed E-state index contributed by atoms with van der Waals surface area (Å²) in [6, 6.07) is 7.67. The standard InChI is InChI=1S/C18H21BrN4O/c1-12-5-6-15(14(19)10-12)21-18-20-8-7-16(22-18)17(24)23-9-3-4-13(2)11-23/h5-8,10,13H,3-4,9,11H2,1-2H3,(H,20,21,22). The van der Waals surface area contributed by atoms with E-state index in [1.165, 1.54) is 6.42 Å². The van der Waals surface area contributed by atoms with Crippen LogP contribution in [0.15, 0.2) is 34.9 Å². The van der Waals surface area contributed by atoms with Gasteiger partial charge in [0.1, 0.15) is 5.69 Å². The third kappa shape index (κ3) is 3.93. The van der Waals surface area contributed by atoms with Crippen LogP contribution in [0.1, 0.15) is 35.8 Å². The van der Waals surface area contributed by atoms with E-state index in [9.17, 15) is 4.79 Å². The molecule has 1 amide bonds. The molecule has 2 aromatic rings. The number of aromatic nitrogens is 2. The van der Waals surface area contributed by atoms with Gasteiger partial charge in [0.15, 0.2) is 0 Å². The van der Waals surface area contributed by atoms with Gasteiger partial charge < -0.3 is 10.2 Å². The summed E-state index contributed by atoms with van der Waals surface area (Å²) >= 11 is 3.53. The Morgan fingerprint density at radius 3 is 2.96 bits per heavy atom. The fraction of sp³-hybridized carbons (Fsp3) is 0.389. The lowest BCUT2D eigenvalue weighted by atomic mass is 10.00. The van der Waals surface area contributed by atoms with Gasteiger partial charge in [0.25, 0.3) is 5.91 Å². The molecule has 5 nitrogen and oxygen atoms in total. The van der Waals surface area contributed by atoms with Gasteiger partial charge in [0, 0.05) is 23.8 Å². The van der Waals surface area contributed by atoms with Crippen LogP contribution < -0.4 is 5.32 Å². The van der Waals surface area contributed by atoms with Crippen LogP contribution in [0.25, 0.3) is 0 Å². The molecule has 1 atom stereocenters. The Hall–Kier alpha value is -1.95. The number of rotatable bonds is 3. The molecule has 126 valence electrons. The number of carbonyl (C=O) groups is 1. The lowest BCUT2D eigenvalue weighted by molar-refractivity contribution is 0.0677. The number of nitrogens with zero attached hydrogens (tertiary/aromatic N) is 3. The highest BCUT2D eigenvalue weighted by Crippen LogP contribution is 2.25. The van der Waals surface area contributed by atoms with Gasteiger partial charge in [-0.05, 0) is 65.4 Å². The van der Waals surface area contributed by atoms with Gasteiger partial charge in [-0.1, -0.05) is 13.0 Å². The maximum atomic E-state index is 12.7. The summed E-state index contributed by atoms with van der Waals surface area (Å²) in [5.41, 5.74) is 2.47. The predicted octanol–water partition coefficient (Wildman–Crippen LogP) is 4.16. The fourth-order valence-electron chi connectivity index (χ4n) is 2.92. The summed E-state index contributed by atoms with van der Waals surface area (Å²) in [7, 11) is 0. The number of amides is 1. The van der Waals surface area contributed by atoms with Gasteiger partial charge in [-0.3, -0.25) is 4.79 Å². The third-order valence-corrected chi connectivity index (χ3v) is 4.85. The van der Waals surface area contributed by atoms with Crippen molar-refractivity contribution >= 4 is 33.5 Å². The minimum atomic E-state index is -0.0185. The molecule has 1 saturated heterocycles. The fourth-order valence-corrected chi connectivity index (χ4v) is 3.51. The molecule has 1 fully saturated rings. The zero-order chi connectivity index (χ0) is 17.1. The summed E-state index contributed by atoms with van der Waals surface area (Å²) in [5.74, 6) is 0.955. The molecule has 1 aromatic heterocycles. The highest BCUT2D eigenvalue weighted by molar-refractivity contribution is 9.10. The van der Waals surface area contributed by atoms with E-state index in [0.717, 1.165) is 35.2 Å². The molecule has 1 aliphatic rings. The minimum Gasteiger partial charge on any atom is -0.337 e. The average molecular weight is 389 g/mol. The van der Waals surface area contributed by atoms with Crippen LogP contribution in [0.2, 0.25) is 0 Å². The molecule has 0 saturated carbocycles. The number of nitrogens with one attached hydrogen (secondary N) is 1. The second kappa shape index (κ2) is 7.30. The van der Waals surface area contributed by atoms with Crippen molar-refractivity contribution in [2.75, 3.05) is 18.4 Å². The first kappa shape index (κ1) is 16.9. The molecule has 0 radical (unpaired) electrons. The number of likely N-dealkylation sites (tertiary alicyclic amines) is 1. The normalized spacial score (nSPS) is 17.6. The monoisotopic (exact) mass is 388 g/mol. The number of hydrogen-bond donors (Lipinski definition) is 1. The van der Waals surface area contributed by atoms with Crippen molar-refractivity contribution in [3.8, 4) is 0 Å². The van der Waals surface area contributed by atoms with Crippen LogP contribution in [0.3, 0.4) is 0 Å². The van der Waals surface area contributed by atoms with E-state index >= 15 is 0 Å². The lowest BCUT2D eigenvalue weighted by Gasteiger charge is -2.30. The zero-order valence-electron chi connectivity index (χ0n) is 13.9. The molecule has 1 N–H and O–H groups in total. The van der Waals surface area contributed by atoms with Crippen molar-refractivity contribution in [2.24, 2.45) is 5.92 Å². The van der Waals surface area contributed by atoms with Crippen LogP contribution in [0, 0.1) is 12.8 Å². The maximum absolute atomic E-state index is 12.7. The first-order valence-corrected chi connectivity index (χ1v) is 8.98. The number of piperidine rings is 1. The molecule has 0 bridgehead atoms. The average Bonchev–Trinajstić information content (AvgIpc) is 2.57. The summed E-state index contributed by atoms with van der Waals surface area (Å²) in [6.45, 7) is 5.82. The van der Waals surface area contributed by atoms with Gasteiger partial charge in [-0.25, -0.2) is 9.97 Å². The Morgan fingerprint density at radius 1 is 1.38 bits per heavy atom. The molecule has 24 heavy (non-hydrogen) atoms. The molecule has 1 unspecified atom stereocenters. The van der Waals surface area contributed by atoms with Crippen molar-refractivity contribution in [1.82, 2.24) is 14.9 Å². The van der Waals surface area contributed by atoms with Crippen molar-refractivity contribution in [2.45, 2.75) is 26.7 Å². The molecule has 3 rings (SSSR count). The quantitative estimate of drug-likeness (QED) is 0.857. The third-order valence-electron chi connectivity index (χ3n) is 4.19. The van der Waals surface area contributed by atoms with E-state index in [0.29, 0.717) is 17.6 Å². The second-order valence-corrected chi connectivity index (χ2v) is 7.23. The highest BCUT2D eigenvalue weighted by atomic mass is 79.9. The van der Waals surface area contributed by atoms with Gasteiger partial charge in [0.2, 0.25) is 5.95 Å². The smallest absolute Gasteiger partial charge is 0.272 e. The largest absolute Gasteiger partial charge is 0.337 e. The topological polar surface area (TPSA) is 58.1 Å². The Morgan fingerprint density at radius 2 is 2.21 bits per heavy atom. The van der Waals surface area contributed by atoms with Crippen molar-refractivity contribution < 1.29 is 4.79 Å². The molecule has 2 heterocycles. The van der Waals surface area contributed by atoms with E-state index < -0.39 is 0 Å². The summed E-state index contributed by atoms with van der Waals surface area (Å²) in [6.07, 6.45) is 3.86. The van der Waals surface area contributed by atoms with Gasteiger partial charge >= 0.3 is 0 Å². The number of carbonyl (C=O) groups excluding carboxylic acids is 1. The number of anilines is 2. The Balaban J connectivity index is 1.77.